The average Bonchev–Trinajstić information content (AvgIpc) is 3.08. The van der Waals surface area contributed by atoms with Gasteiger partial charge in [0, 0.05) is 24.7 Å². The van der Waals surface area contributed by atoms with Crippen LogP contribution in [0.15, 0.2) is 6.07 Å². The highest BCUT2D eigenvalue weighted by atomic mass is 16.4. The van der Waals surface area contributed by atoms with Crippen LogP contribution in [0.1, 0.15) is 35.4 Å². The largest absolute Gasteiger partial charge is 0.477 e. The summed E-state index contributed by atoms with van der Waals surface area (Å²) in [5.41, 5.74) is 0.872. The number of likely N-dealkylation sites (tertiary alicyclic amines) is 1. The van der Waals surface area contributed by atoms with Crippen molar-refractivity contribution in [1.29, 1.82) is 0 Å². The molecule has 1 saturated heterocycles. The van der Waals surface area contributed by atoms with Gasteiger partial charge in [-0.15, -0.1) is 0 Å². The number of anilines is 1. The van der Waals surface area contributed by atoms with E-state index in [1.165, 1.54) is 0 Å². The predicted molar refractivity (Wildman–Crippen MR) is 74.0 cm³/mol. The summed E-state index contributed by atoms with van der Waals surface area (Å²) in [6.45, 7) is 2.15. The van der Waals surface area contributed by atoms with Gasteiger partial charge < -0.3 is 20.3 Å². The molecule has 7 heteroatoms. The molecule has 112 valence electrons. The fourth-order valence-corrected chi connectivity index (χ4v) is 2.74. The van der Waals surface area contributed by atoms with Gasteiger partial charge in [0.25, 0.3) is 0 Å². The van der Waals surface area contributed by atoms with Crippen LogP contribution in [0.3, 0.4) is 0 Å². The molecule has 1 aliphatic heterocycles. The first-order chi connectivity index (χ1) is 9.95. The number of hydrogen-bond acceptors (Lipinski definition) is 3. The minimum Gasteiger partial charge on any atom is -0.477 e. The number of aryl methyl sites for hydroxylation is 1. The predicted octanol–water partition coefficient (Wildman–Crippen LogP) is 0.971. The first-order valence-corrected chi connectivity index (χ1v) is 6.99. The van der Waals surface area contributed by atoms with Crippen molar-refractivity contribution in [2.45, 2.75) is 32.2 Å². The topological polar surface area (TPSA) is 102 Å². The molecule has 1 aromatic heterocycles. The molecule has 2 heterocycles. The van der Waals surface area contributed by atoms with Crippen LogP contribution in [0.4, 0.5) is 5.69 Å². The Bertz CT molecular complexity index is 618. The van der Waals surface area contributed by atoms with Gasteiger partial charge in [0.05, 0.1) is 11.6 Å². The summed E-state index contributed by atoms with van der Waals surface area (Å²) in [6, 6.07) is 1.89. The van der Waals surface area contributed by atoms with E-state index in [1.807, 2.05) is 0 Å². The lowest BCUT2D eigenvalue weighted by Crippen LogP contribution is -2.30. The minimum atomic E-state index is -1.12. The van der Waals surface area contributed by atoms with Gasteiger partial charge in [-0.3, -0.25) is 9.59 Å². The Hall–Kier alpha value is -2.31. The number of carboxylic acid groups (broad SMARTS) is 1. The van der Waals surface area contributed by atoms with Gasteiger partial charge in [-0.05, 0) is 25.8 Å². The van der Waals surface area contributed by atoms with Gasteiger partial charge in [-0.1, -0.05) is 0 Å². The van der Waals surface area contributed by atoms with E-state index in [9.17, 15) is 14.4 Å². The second-order valence-electron chi connectivity index (χ2n) is 5.71. The molecule has 1 atom stereocenters. The van der Waals surface area contributed by atoms with Gasteiger partial charge in [-0.2, -0.15) is 0 Å². The van der Waals surface area contributed by atoms with Crippen molar-refractivity contribution in [2.24, 2.45) is 5.92 Å². The second kappa shape index (κ2) is 4.91. The standard InChI is InChI=1S/C14H17N3O4/c1-7-4-10(12(15-7)14(20)21)16-13(19)8-5-11(18)17(6-8)9-2-3-9/h4,8-9,15H,2-3,5-6H2,1H3,(H,16,19)(H,20,21). The number of amides is 2. The Morgan fingerprint density at radius 2 is 2.14 bits per heavy atom. The maximum absolute atomic E-state index is 12.2. The summed E-state index contributed by atoms with van der Waals surface area (Å²) in [5, 5.41) is 11.7. The average molecular weight is 291 g/mol. The lowest BCUT2D eigenvalue weighted by Gasteiger charge is -2.15. The molecule has 2 fully saturated rings. The van der Waals surface area contributed by atoms with Crippen molar-refractivity contribution in [3.8, 4) is 0 Å². The molecule has 1 aromatic rings. The highest BCUT2D eigenvalue weighted by Gasteiger charge is 2.41. The third-order valence-corrected chi connectivity index (χ3v) is 3.94. The van der Waals surface area contributed by atoms with Gasteiger partial charge in [0.15, 0.2) is 0 Å². The summed E-state index contributed by atoms with van der Waals surface area (Å²) >= 11 is 0. The number of rotatable bonds is 4. The van der Waals surface area contributed by atoms with Crippen molar-refractivity contribution in [2.75, 3.05) is 11.9 Å². The summed E-state index contributed by atoms with van der Waals surface area (Å²) < 4.78 is 0. The van der Waals surface area contributed by atoms with Gasteiger partial charge in [0.2, 0.25) is 11.8 Å². The normalized spacial score (nSPS) is 21.7. The van der Waals surface area contributed by atoms with Gasteiger partial charge >= 0.3 is 5.97 Å². The third kappa shape index (κ3) is 2.63. The van der Waals surface area contributed by atoms with Crippen LogP contribution < -0.4 is 5.32 Å². The smallest absolute Gasteiger partial charge is 0.354 e. The van der Waals surface area contributed by atoms with Crippen molar-refractivity contribution in [3.63, 3.8) is 0 Å². The molecule has 3 N–H and O–H groups in total. The number of aromatic nitrogens is 1. The highest BCUT2D eigenvalue weighted by Crippen LogP contribution is 2.33. The fourth-order valence-electron chi connectivity index (χ4n) is 2.74. The van der Waals surface area contributed by atoms with Crippen molar-refractivity contribution in [1.82, 2.24) is 9.88 Å². The lowest BCUT2D eigenvalue weighted by atomic mass is 10.1. The Labute approximate surface area is 121 Å². The molecule has 21 heavy (non-hydrogen) atoms. The van der Waals surface area contributed by atoms with E-state index in [1.54, 1.807) is 17.9 Å². The Morgan fingerprint density at radius 3 is 2.76 bits per heavy atom. The van der Waals surface area contributed by atoms with Crippen LogP contribution in [0.5, 0.6) is 0 Å². The summed E-state index contributed by atoms with van der Waals surface area (Å²) in [4.78, 5) is 39.6. The van der Waals surface area contributed by atoms with Crippen LogP contribution in [0.25, 0.3) is 0 Å². The zero-order chi connectivity index (χ0) is 15.1. The second-order valence-corrected chi connectivity index (χ2v) is 5.71. The van der Waals surface area contributed by atoms with E-state index in [-0.39, 0.29) is 29.6 Å². The molecule has 0 aromatic carbocycles. The number of carboxylic acids is 1. The van der Waals surface area contributed by atoms with E-state index in [0.29, 0.717) is 18.3 Å². The molecule has 0 radical (unpaired) electrons. The van der Waals surface area contributed by atoms with Crippen LogP contribution in [-0.2, 0) is 9.59 Å². The SMILES string of the molecule is Cc1cc(NC(=O)C2CC(=O)N(C3CC3)C2)c(C(=O)O)[nH]1. The van der Waals surface area contributed by atoms with Crippen molar-refractivity contribution < 1.29 is 19.5 Å². The first-order valence-electron chi connectivity index (χ1n) is 6.99. The van der Waals surface area contributed by atoms with E-state index in [4.69, 9.17) is 5.11 Å². The monoisotopic (exact) mass is 291 g/mol. The lowest BCUT2D eigenvalue weighted by molar-refractivity contribution is -0.128. The maximum Gasteiger partial charge on any atom is 0.354 e. The number of H-pyrrole nitrogens is 1. The van der Waals surface area contributed by atoms with E-state index >= 15 is 0 Å². The molecular formula is C14H17N3O4. The molecule has 1 unspecified atom stereocenters. The van der Waals surface area contributed by atoms with Gasteiger partial charge in [0.1, 0.15) is 5.69 Å². The number of nitrogens with zero attached hydrogens (tertiary/aromatic N) is 1. The van der Waals surface area contributed by atoms with Crippen LogP contribution >= 0.6 is 0 Å². The molecule has 2 amide bonds. The molecule has 0 spiro atoms. The van der Waals surface area contributed by atoms with E-state index in [2.05, 4.69) is 10.3 Å². The number of aromatic amines is 1. The Kier molecular flexibility index (Phi) is 3.19. The van der Waals surface area contributed by atoms with Crippen LogP contribution in [-0.4, -0.2) is 45.4 Å². The zero-order valence-corrected chi connectivity index (χ0v) is 11.7. The quantitative estimate of drug-likeness (QED) is 0.769. The van der Waals surface area contributed by atoms with Crippen LogP contribution in [0.2, 0.25) is 0 Å². The Morgan fingerprint density at radius 1 is 1.43 bits per heavy atom. The molecule has 0 bridgehead atoms. The fraction of sp³-hybridized carbons (Fsp3) is 0.500. The molecule has 1 aliphatic carbocycles. The molecule has 2 aliphatic rings. The molecule has 1 saturated carbocycles. The van der Waals surface area contributed by atoms with Gasteiger partial charge in [-0.25, -0.2) is 4.79 Å². The number of carbonyl (C=O) groups is 3. The molecule has 3 rings (SSSR count). The highest BCUT2D eigenvalue weighted by molar-refractivity contribution is 6.02. The maximum atomic E-state index is 12.2. The minimum absolute atomic E-state index is 0.0151. The first kappa shape index (κ1) is 13.7. The molecule has 7 nitrogen and oxygen atoms in total. The van der Waals surface area contributed by atoms with Crippen LogP contribution in [0, 0.1) is 12.8 Å². The number of hydrogen-bond donors (Lipinski definition) is 3. The van der Waals surface area contributed by atoms with Crippen molar-refractivity contribution >= 4 is 23.5 Å². The Balaban J connectivity index is 1.69. The van der Waals surface area contributed by atoms with E-state index < -0.39 is 11.9 Å². The summed E-state index contributed by atoms with van der Waals surface area (Å²) in [5.74, 6) is -1.81. The number of nitrogens with one attached hydrogen (secondary N) is 2. The van der Waals surface area contributed by atoms with E-state index in [0.717, 1.165) is 12.8 Å². The third-order valence-electron chi connectivity index (χ3n) is 3.94. The number of carbonyl (C=O) groups excluding carboxylic acids is 2. The summed E-state index contributed by atoms with van der Waals surface area (Å²) in [7, 11) is 0. The number of aromatic carboxylic acids is 1. The molecular weight excluding hydrogens is 274 g/mol. The zero-order valence-electron chi connectivity index (χ0n) is 11.7. The summed E-state index contributed by atoms with van der Waals surface area (Å²) in [6.07, 6.45) is 2.23. The van der Waals surface area contributed by atoms with Crippen molar-refractivity contribution in [3.05, 3.63) is 17.5 Å².